The van der Waals surface area contributed by atoms with Gasteiger partial charge in [-0.2, -0.15) is 5.10 Å². The fourth-order valence-electron chi connectivity index (χ4n) is 3.65. The molecule has 2 N–H and O–H groups in total. The highest BCUT2D eigenvalue weighted by Gasteiger charge is 2.28. The molecule has 1 aliphatic rings. The van der Waals surface area contributed by atoms with Gasteiger partial charge in [0.2, 0.25) is 0 Å². The third-order valence-corrected chi connectivity index (χ3v) is 5.09. The number of benzene rings is 2. The molecule has 0 saturated carbocycles. The van der Waals surface area contributed by atoms with Gasteiger partial charge in [0.15, 0.2) is 0 Å². The van der Waals surface area contributed by atoms with Crippen molar-refractivity contribution >= 4 is 17.5 Å². The number of rotatable bonds is 4. The second-order valence-electron chi connectivity index (χ2n) is 6.97. The molecule has 0 spiro atoms. The monoisotopic (exact) mass is 374 g/mol. The molecule has 142 valence electrons. The van der Waals surface area contributed by atoms with Gasteiger partial charge in [0.05, 0.1) is 17.6 Å². The van der Waals surface area contributed by atoms with Crippen molar-refractivity contribution in [3.63, 3.8) is 0 Å². The molecule has 1 aliphatic heterocycles. The van der Waals surface area contributed by atoms with Crippen LogP contribution >= 0.6 is 0 Å². The molecule has 2 heterocycles. The van der Waals surface area contributed by atoms with Gasteiger partial charge in [-0.05, 0) is 37.1 Å². The number of anilines is 1. The molecule has 1 atom stereocenters. The van der Waals surface area contributed by atoms with E-state index in [1.54, 1.807) is 18.3 Å². The highest BCUT2D eigenvalue weighted by Crippen LogP contribution is 2.31. The number of carbonyl (C=O) groups is 2. The maximum atomic E-state index is 12.8. The molecule has 3 aromatic rings. The first-order valence-electron chi connectivity index (χ1n) is 9.46. The Bertz CT molecular complexity index is 953. The number of H-pyrrole nitrogens is 1. The van der Waals surface area contributed by atoms with Gasteiger partial charge in [0.25, 0.3) is 11.8 Å². The molecule has 28 heavy (non-hydrogen) atoms. The van der Waals surface area contributed by atoms with Gasteiger partial charge >= 0.3 is 0 Å². The Morgan fingerprint density at radius 3 is 2.39 bits per heavy atom. The summed E-state index contributed by atoms with van der Waals surface area (Å²) in [5, 5.41) is 10.1. The first-order valence-corrected chi connectivity index (χ1v) is 9.46. The third-order valence-electron chi connectivity index (χ3n) is 5.09. The van der Waals surface area contributed by atoms with E-state index in [9.17, 15) is 9.59 Å². The van der Waals surface area contributed by atoms with Gasteiger partial charge in [-0.3, -0.25) is 14.7 Å². The number of likely N-dealkylation sites (tertiary alicyclic amines) is 1. The van der Waals surface area contributed by atoms with Crippen molar-refractivity contribution in [1.29, 1.82) is 0 Å². The molecule has 0 aliphatic carbocycles. The molecule has 4 rings (SSSR count). The van der Waals surface area contributed by atoms with Crippen molar-refractivity contribution in [3.05, 3.63) is 83.7 Å². The molecule has 1 aromatic heterocycles. The Kier molecular flexibility index (Phi) is 5.19. The average molecular weight is 374 g/mol. The van der Waals surface area contributed by atoms with Crippen molar-refractivity contribution in [2.45, 2.75) is 18.8 Å². The van der Waals surface area contributed by atoms with Crippen LogP contribution in [-0.4, -0.2) is 40.0 Å². The first kappa shape index (κ1) is 18.0. The average Bonchev–Trinajstić information content (AvgIpc) is 3.22. The number of hydrogen-bond acceptors (Lipinski definition) is 3. The lowest BCUT2D eigenvalue weighted by Crippen LogP contribution is -2.39. The molecule has 6 heteroatoms. The Hall–Kier alpha value is -3.41. The van der Waals surface area contributed by atoms with E-state index in [1.165, 1.54) is 0 Å². The van der Waals surface area contributed by atoms with Crippen LogP contribution in [0, 0.1) is 0 Å². The summed E-state index contributed by atoms with van der Waals surface area (Å²) >= 11 is 0. The lowest BCUT2D eigenvalue weighted by Gasteiger charge is -2.32. The lowest BCUT2D eigenvalue weighted by molar-refractivity contribution is 0.0705. The summed E-state index contributed by atoms with van der Waals surface area (Å²) < 4.78 is 0. The number of aromatic nitrogens is 2. The summed E-state index contributed by atoms with van der Waals surface area (Å²) in [4.78, 5) is 27.2. The molecule has 0 bridgehead atoms. The van der Waals surface area contributed by atoms with Gasteiger partial charge in [-0.1, -0.05) is 36.4 Å². The van der Waals surface area contributed by atoms with E-state index in [0.29, 0.717) is 23.4 Å². The summed E-state index contributed by atoms with van der Waals surface area (Å²) in [5.74, 6) is -0.0223. The smallest absolute Gasteiger partial charge is 0.255 e. The van der Waals surface area contributed by atoms with Crippen LogP contribution in [0.5, 0.6) is 0 Å². The molecule has 1 fully saturated rings. The standard InChI is InChI=1S/C22H22N4O2/c27-21(16-8-3-1-4-9-16)24-19-14-23-25-20(19)18-12-7-13-26(15-18)22(28)17-10-5-2-6-11-17/h1-6,8-11,14,18H,7,12-13,15H2,(H,23,25)(H,24,27)/t18-/m1/s1. The third kappa shape index (κ3) is 3.81. The molecule has 2 amide bonds. The number of carbonyl (C=O) groups excluding carboxylic acids is 2. The summed E-state index contributed by atoms with van der Waals surface area (Å²) in [6, 6.07) is 18.4. The Morgan fingerprint density at radius 2 is 1.68 bits per heavy atom. The van der Waals surface area contributed by atoms with Crippen molar-refractivity contribution in [1.82, 2.24) is 15.1 Å². The van der Waals surface area contributed by atoms with Crippen LogP contribution in [0.2, 0.25) is 0 Å². The zero-order valence-electron chi connectivity index (χ0n) is 15.5. The van der Waals surface area contributed by atoms with Crippen molar-refractivity contribution in [2.75, 3.05) is 18.4 Å². The van der Waals surface area contributed by atoms with Crippen molar-refractivity contribution < 1.29 is 9.59 Å². The van der Waals surface area contributed by atoms with E-state index >= 15 is 0 Å². The topological polar surface area (TPSA) is 78.1 Å². The molecular formula is C22H22N4O2. The fraction of sp³-hybridized carbons (Fsp3) is 0.227. The number of piperidine rings is 1. The molecule has 2 aromatic carbocycles. The van der Waals surface area contributed by atoms with E-state index < -0.39 is 0 Å². The van der Waals surface area contributed by atoms with E-state index in [-0.39, 0.29) is 17.7 Å². The molecule has 1 saturated heterocycles. The maximum absolute atomic E-state index is 12.8. The van der Waals surface area contributed by atoms with Crippen LogP contribution < -0.4 is 5.32 Å². The summed E-state index contributed by atoms with van der Waals surface area (Å²) in [7, 11) is 0. The normalized spacial score (nSPS) is 16.6. The predicted molar refractivity (Wildman–Crippen MR) is 107 cm³/mol. The van der Waals surface area contributed by atoms with E-state index in [2.05, 4.69) is 15.5 Å². The van der Waals surface area contributed by atoms with Crippen LogP contribution in [0.3, 0.4) is 0 Å². The van der Waals surface area contributed by atoms with Gasteiger partial charge in [0, 0.05) is 30.1 Å². The summed E-state index contributed by atoms with van der Waals surface area (Å²) in [6.45, 7) is 1.34. The van der Waals surface area contributed by atoms with Crippen molar-refractivity contribution in [2.24, 2.45) is 0 Å². The van der Waals surface area contributed by atoms with E-state index in [0.717, 1.165) is 25.1 Å². The SMILES string of the molecule is O=C(Nc1cn[nH]c1[C@@H]1CCCN(C(=O)c2ccccc2)C1)c1ccccc1. The second-order valence-corrected chi connectivity index (χ2v) is 6.97. The number of amides is 2. The Morgan fingerprint density at radius 1 is 1.00 bits per heavy atom. The number of nitrogens with one attached hydrogen (secondary N) is 2. The Labute approximate surface area is 163 Å². The molecule has 0 radical (unpaired) electrons. The maximum Gasteiger partial charge on any atom is 0.255 e. The highest BCUT2D eigenvalue weighted by molar-refractivity contribution is 6.04. The summed E-state index contributed by atoms with van der Waals surface area (Å²) in [5.41, 5.74) is 2.84. The Balaban J connectivity index is 1.48. The van der Waals surface area contributed by atoms with Gasteiger partial charge in [-0.15, -0.1) is 0 Å². The van der Waals surface area contributed by atoms with Crippen LogP contribution in [-0.2, 0) is 0 Å². The minimum Gasteiger partial charge on any atom is -0.338 e. The highest BCUT2D eigenvalue weighted by atomic mass is 16.2. The minimum absolute atomic E-state index is 0.0414. The summed E-state index contributed by atoms with van der Waals surface area (Å²) in [6.07, 6.45) is 3.48. The quantitative estimate of drug-likeness (QED) is 0.731. The van der Waals surface area contributed by atoms with Crippen molar-refractivity contribution in [3.8, 4) is 0 Å². The molecule has 6 nitrogen and oxygen atoms in total. The van der Waals surface area contributed by atoms with Gasteiger partial charge in [-0.25, -0.2) is 0 Å². The van der Waals surface area contributed by atoms with Crippen LogP contribution in [0.25, 0.3) is 0 Å². The number of nitrogens with zero attached hydrogens (tertiary/aromatic N) is 2. The fourth-order valence-corrected chi connectivity index (χ4v) is 3.65. The lowest BCUT2D eigenvalue weighted by atomic mass is 9.93. The van der Waals surface area contributed by atoms with Crippen LogP contribution in [0.1, 0.15) is 45.2 Å². The largest absolute Gasteiger partial charge is 0.338 e. The van der Waals surface area contributed by atoms with E-state index in [1.807, 2.05) is 53.4 Å². The second kappa shape index (κ2) is 8.08. The predicted octanol–water partition coefficient (Wildman–Crippen LogP) is 3.68. The van der Waals surface area contributed by atoms with Crippen LogP contribution in [0.4, 0.5) is 5.69 Å². The minimum atomic E-state index is -0.170. The molecular weight excluding hydrogens is 352 g/mol. The zero-order chi connectivity index (χ0) is 19.3. The van der Waals surface area contributed by atoms with Gasteiger partial charge < -0.3 is 10.2 Å². The van der Waals surface area contributed by atoms with Crippen LogP contribution in [0.15, 0.2) is 66.9 Å². The van der Waals surface area contributed by atoms with Gasteiger partial charge in [0.1, 0.15) is 0 Å². The first-order chi connectivity index (χ1) is 13.7. The number of aromatic amines is 1. The zero-order valence-corrected chi connectivity index (χ0v) is 15.5. The molecule has 0 unspecified atom stereocenters. The van der Waals surface area contributed by atoms with E-state index in [4.69, 9.17) is 0 Å². The number of hydrogen-bond donors (Lipinski definition) is 2.